The highest BCUT2D eigenvalue weighted by Crippen LogP contribution is 2.20. The second-order valence-corrected chi connectivity index (χ2v) is 10.3. The number of ether oxygens (including phenoxy) is 1. The first kappa shape index (κ1) is 30.8. The van der Waals surface area contributed by atoms with E-state index in [1.54, 1.807) is 57.4 Å². The molecule has 1 aromatic carbocycles. The van der Waals surface area contributed by atoms with E-state index in [1.807, 2.05) is 19.1 Å². The standard InChI is InChI=1S/C29H38N8O4/c1-6-13-31-25-23(18-33-27(36-25)32-16-12-20-10-14-30-15-11-20)26(39)35-22-9-7-8-21(17-22)34-24(38)19-37(5)28(40)41-29(2,3)4/h7-11,14-15,17-18H,6,12-13,16,19H2,1-5H3,(H,34,38)(H,35,39)(H2,31,32,33,36). The lowest BCUT2D eigenvalue weighted by Gasteiger charge is -2.24. The minimum absolute atomic E-state index is 0.196. The van der Waals surface area contributed by atoms with Gasteiger partial charge in [-0.25, -0.2) is 9.78 Å². The first-order valence-corrected chi connectivity index (χ1v) is 13.4. The molecule has 41 heavy (non-hydrogen) atoms. The van der Waals surface area contributed by atoms with Gasteiger partial charge < -0.3 is 30.9 Å². The van der Waals surface area contributed by atoms with E-state index in [9.17, 15) is 14.4 Å². The maximum atomic E-state index is 13.2. The van der Waals surface area contributed by atoms with Gasteiger partial charge in [-0.3, -0.25) is 14.6 Å². The van der Waals surface area contributed by atoms with Crippen molar-refractivity contribution in [3.8, 4) is 0 Å². The Morgan fingerprint density at radius 2 is 1.68 bits per heavy atom. The van der Waals surface area contributed by atoms with Crippen LogP contribution in [0.25, 0.3) is 0 Å². The zero-order chi connectivity index (χ0) is 29.8. The van der Waals surface area contributed by atoms with Crippen molar-refractivity contribution in [3.63, 3.8) is 0 Å². The number of benzene rings is 1. The van der Waals surface area contributed by atoms with Gasteiger partial charge in [0, 0.05) is 50.1 Å². The molecule has 3 aromatic rings. The number of amides is 3. The Kier molecular flexibility index (Phi) is 11.0. The summed E-state index contributed by atoms with van der Waals surface area (Å²) in [5.41, 5.74) is 1.68. The number of anilines is 4. The summed E-state index contributed by atoms with van der Waals surface area (Å²) in [6, 6.07) is 10.6. The Bertz CT molecular complexity index is 1330. The minimum Gasteiger partial charge on any atom is -0.444 e. The third-order valence-corrected chi connectivity index (χ3v) is 5.51. The predicted molar refractivity (Wildman–Crippen MR) is 159 cm³/mol. The number of carbonyl (C=O) groups excluding carboxylic acids is 3. The van der Waals surface area contributed by atoms with Gasteiger partial charge in [0.05, 0.1) is 0 Å². The molecule has 3 amide bonds. The van der Waals surface area contributed by atoms with Crippen LogP contribution in [0.15, 0.2) is 55.0 Å². The molecule has 12 heteroatoms. The number of hydrogen-bond donors (Lipinski definition) is 4. The quantitative estimate of drug-likeness (QED) is 0.252. The summed E-state index contributed by atoms with van der Waals surface area (Å²) in [6.07, 6.45) is 6.00. The van der Waals surface area contributed by atoms with Crippen LogP contribution in [0.4, 0.5) is 27.9 Å². The largest absolute Gasteiger partial charge is 0.444 e. The third-order valence-electron chi connectivity index (χ3n) is 5.51. The number of pyridine rings is 1. The summed E-state index contributed by atoms with van der Waals surface area (Å²) in [4.78, 5) is 51.9. The first-order chi connectivity index (χ1) is 19.5. The molecule has 2 heterocycles. The van der Waals surface area contributed by atoms with Crippen molar-refractivity contribution in [2.45, 2.75) is 46.1 Å². The van der Waals surface area contributed by atoms with Crippen LogP contribution in [0.1, 0.15) is 50.0 Å². The summed E-state index contributed by atoms with van der Waals surface area (Å²) >= 11 is 0. The van der Waals surface area contributed by atoms with Gasteiger partial charge in [-0.2, -0.15) is 4.98 Å². The molecule has 12 nitrogen and oxygen atoms in total. The average Bonchev–Trinajstić information content (AvgIpc) is 2.91. The van der Waals surface area contributed by atoms with Gasteiger partial charge in [0.15, 0.2) is 0 Å². The van der Waals surface area contributed by atoms with Crippen LogP contribution in [0.3, 0.4) is 0 Å². The van der Waals surface area contributed by atoms with E-state index in [4.69, 9.17) is 4.74 Å². The highest BCUT2D eigenvalue weighted by molar-refractivity contribution is 6.07. The first-order valence-electron chi connectivity index (χ1n) is 13.4. The molecule has 0 saturated carbocycles. The summed E-state index contributed by atoms with van der Waals surface area (Å²) in [7, 11) is 1.48. The maximum absolute atomic E-state index is 13.2. The van der Waals surface area contributed by atoms with Crippen LogP contribution in [0.5, 0.6) is 0 Å². The second kappa shape index (κ2) is 14.6. The molecular weight excluding hydrogens is 524 g/mol. The number of nitrogens with one attached hydrogen (secondary N) is 4. The van der Waals surface area contributed by atoms with Crippen LogP contribution >= 0.6 is 0 Å². The molecule has 0 bridgehead atoms. The normalized spacial score (nSPS) is 10.9. The maximum Gasteiger partial charge on any atom is 0.410 e. The summed E-state index contributed by atoms with van der Waals surface area (Å²) in [5.74, 6) is 0.0176. The lowest BCUT2D eigenvalue weighted by molar-refractivity contribution is -0.117. The van der Waals surface area contributed by atoms with Crippen LogP contribution in [0, 0.1) is 0 Å². The van der Waals surface area contributed by atoms with Crippen LogP contribution < -0.4 is 21.3 Å². The van der Waals surface area contributed by atoms with E-state index < -0.39 is 23.5 Å². The minimum atomic E-state index is -0.664. The lowest BCUT2D eigenvalue weighted by Crippen LogP contribution is -2.38. The van der Waals surface area contributed by atoms with Crippen molar-refractivity contribution in [3.05, 3.63) is 66.1 Å². The Hall–Kier alpha value is -4.74. The number of carbonyl (C=O) groups is 3. The van der Waals surface area contributed by atoms with Crippen LogP contribution in [-0.2, 0) is 16.0 Å². The van der Waals surface area contributed by atoms with Gasteiger partial charge in [0.25, 0.3) is 5.91 Å². The Morgan fingerprint density at radius 1 is 0.976 bits per heavy atom. The summed E-state index contributed by atoms with van der Waals surface area (Å²) < 4.78 is 5.27. The molecule has 2 aromatic heterocycles. The van der Waals surface area contributed by atoms with Crippen molar-refractivity contribution in [1.82, 2.24) is 19.9 Å². The lowest BCUT2D eigenvalue weighted by atomic mass is 10.2. The fraction of sp³-hybridized carbons (Fsp3) is 0.379. The van der Waals surface area contributed by atoms with E-state index in [1.165, 1.54) is 18.1 Å². The molecule has 0 saturated heterocycles. The predicted octanol–water partition coefficient (Wildman–Crippen LogP) is 4.41. The van der Waals surface area contributed by atoms with E-state index in [-0.39, 0.29) is 12.1 Å². The number of nitrogens with zero attached hydrogens (tertiary/aromatic N) is 4. The van der Waals surface area contributed by atoms with E-state index in [0.29, 0.717) is 36.2 Å². The van der Waals surface area contributed by atoms with Gasteiger partial charge >= 0.3 is 6.09 Å². The molecule has 4 N–H and O–H groups in total. The Morgan fingerprint density at radius 3 is 2.37 bits per heavy atom. The monoisotopic (exact) mass is 562 g/mol. The fourth-order valence-corrected chi connectivity index (χ4v) is 3.57. The summed E-state index contributed by atoms with van der Waals surface area (Å²) in [5, 5.41) is 12.0. The van der Waals surface area contributed by atoms with Gasteiger partial charge in [-0.15, -0.1) is 0 Å². The van der Waals surface area contributed by atoms with E-state index in [0.717, 1.165) is 18.4 Å². The zero-order valence-corrected chi connectivity index (χ0v) is 24.2. The van der Waals surface area contributed by atoms with Crippen molar-refractivity contribution >= 4 is 41.0 Å². The Labute approximate surface area is 240 Å². The second-order valence-electron chi connectivity index (χ2n) is 10.3. The van der Waals surface area contributed by atoms with Crippen molar-refractivity contribution in [2.75, 3.05) is 47.9 Å². The molecule has 0 fully saturated rings. The average molecular weight is 563 g/mol. The molecule has 3 rings (SSSR count). The molecule has 0 unspecified atom stereocenters. The number of likely N-dealkylation sites (N-methyl/N-ethyl adjacent to an activating group) is 1. The van der Waals surface area contributed by atoms with Crippen molar-refractivity contribution in [2.24, 2.45) is 0 Å². The number of aromatic nitrogens is 3. The smallest absolute Gasteiger partial charge is 0.410 e. The van der Waals surface area contributed by atoms with Crippen molar-refractivity contribution in [1.29, 1.82) is 0 Å². The number of rotatable bonds is 12. The topological polar surface area (TPSA) is 150 Å². The molecular formula is C29H38N8O4. The van der Waals surface area contributed by atoms with Gasteiger partial charge in [-0.05, 0) is 69.5 Å². The molecule has 0 aliphatic carbocycles. The zero-order valence-electron chi connectivity index (χ0n) is 24.2. The van der Waals surface area contributed by atoms with Gasteiger partial charge in [0.2, 0.25) is 11.9 Å². The van der Waals surface area contributed by atoms with E-state index in [2.05, 4.69) is 36.2 Å². The molecule has 0 aliphatic heterocycles. The highest BCUT2D eigenvalue weighted by atomic mass is 16.6. The van der Waals surface area contributed by atoms with Crippen LogP contribution in [0.2, 0.25) is 0 Å². The molecule has 218 valence electrons. The fourth-order valence-electron chi connectivity index (χ4n) is 3.57. The molecule has 0 atom stereocenters. The highest BCUT2D eigenvalue weighted by Gasteiger charge is 2.21. The molecule has 0 spiro atoms. The van der Waals surface area contributed by atoms with Crippen LogP contribution in [-0.4, -0.2) is 70.0 Å². The summed E-state index contributed by atoms with van der Waals surface area (Å²) in [6.45, 7) is 8.34. The molecule has 0 radical (unpaired) electrons. The molecule has 0 aliphatic rings. The third kappa shape index (κ3) is 10.4. The van der Waals surface area contributed by atoms with Gasteiger partial charge in [0.1, 0.15) is 23.5 Å². The SMILES string of the molecule is CCCNc1nc(NCCc2ccncc2)ncc1C(=O)Nc1cccc(NC(=O)CN(C)C(=O)OC(C)(C)C)c1. The van der Waals surface area contributed by atoms with E-state index >= 15 is 0 Å². The Balaban J connectivity index is 1.62. The number of hydrogen-bond acceptors (Lipinski definition) is 9. The van der Waals surface area contributed by atoms with Crippen molar-refractivity contribution < 1.29 is 19.1 Å². The van der Waals surface area contributed by atoms with Gasteiger partial charge in [-0.1, -0.05) is 13.0 Å².